The Morgan fingerprint density at radius 1 is 0.800 bits per heavy atom. The molecule has 2 heteroatoms. The zero-order chi connectivity index (χ0) is 17.9. The average Bonchev–Trinajstić information content (AvgIpc) is 2.94. The third kappa shape index (κ3) is 6.49. The normalized spacial score (nSPS) is 11.5. The molecule has 0 radical (unpaired) electrons. The highest BCUT2D eigenvalue weighted by molar-refractivity contribution is 5.79. The summed E-state index contributed by atoms with van der Waals surface area (Å²) in [7, 11) is 2.16. The second-order valence-corrected chi connectivity index (χ2v) is 7.67. The number of hydrogen-bond acceptors (Lipinski definition) is 1. The standard InChI is InChI=1S/C23H38N2/c1-4-5-6-7-8-9-10-11-12-13-14-15-19-22-24-23-20(2)17-16-18-21(23)25(22)3/h16-18H,4-15,19H2,1-3H3. The lowest BCUT2D eigenvalue weighted by Gasteiger charge is -2.04. The molecule has 0 aliphatic rings. The van der Waals surface area contributed by atoms with Crippen LogP contribution in [0.25, 0.3) is 11.0 Å². The van der Waals surface area contributed by atoms with Crippen molar-refractivity contribution >= 4 is 11.0 Å². The van der Waals surface area contributed by atoms with E-state index in [1.807, 2.05) is 0 Å². The van der Waals surface area contributed by atoms with Crippen LogP contribution >= 0.6 is 0 Å². The molecule has 140 valence electrons. The maximum atomic E-state index is 4.86. The number of rotatable bonds is 13. The molecular formula is C23H38N2. The van der Waals surface area contributed by atoms with Crippen LogP contribution in [-0.2, 0) is 13.5 Å². The molecule has 0 saturated heterocycles. The summed E-state index contributed by atoms with van der Waals surface area (Å²) >= 11 is 0. The summed E-state index contributed by atoms with van der Waals surface area (Å²) in [6, 6.07) is 6.47. The van der Waals surface area contributed by atoms with Gasteiger partial charge in [-0.2, -0.15) is 0 Å². The van der Waals surface area contributed by atoms with Gasteiger partial charge < -0.3 is 4.57 Å². The minimum absolute atomic E-state index is 1.11. The van der Waals surface area contributed by atoms with Crippen molar-refractivity contribution in [1.29, 1.82) is 0 Å². The molecule has 0 aliphatic heterocycles. The molecule has 0 aliphatic carbocycles. The van der Waals surface area contributed by atoms with Crippen LogP contribution < -0.4 is 0 Å². The highest BCUT2D eigenvalue weighted by atomic mass is 15.1. The van der Waals surface area contributed by atoms with E-state index in [1.165, 1.54) is 99.5 Å². The summed E-state index contributed by atoms with van der Waals surface area (Å²) in [6.45, 7) is 4.44. The Labute approximate surface area is 155 Å². The first-order chi connectivity index (χ1) is 12.2. The van der Waals surface area contributed by atoms with E-state index in [2.05, 4.69) is 43.7 Å². The summed E-state index contributed by atoms with van der Waals surface area (Å²) < 4.78 is 2.28. The molecule has 0 unspecified atom stereocenters. The Bertz CT molecular complexity index is 612. The van der Waals surface area contributed by atoms with E-state index in [4.69, 9.17) is 4.98 Å². The highest BCUT2D eigenvalue weighted by Gasteiger charge is 2.08. The number of nitrogens with zero attached hydrogens (tertiary/aromatic N) is 2. The highest BCUT2D eigenvalue weighted by Crippen LogP contribution is 2.20. The average molecular weight is 343 g/mol. The van der Waals surface area contributed by atoms with Gasteiger partial charge in [0, 0.05) is 13.5 Å². The fourth-order valence-corrected chi connectivity index (χ4v) is 3.75. The van der Waals surface area contributed by atoms with Crippen molar-refractivity contribution < 1.29 is 0 Å². The third-order valence-corrected chi connectivity index (χ3v) is 5.46. The largest absolute Gasteiger partial charge is 0.331 e. The van der Waals surface area contributed by atoms with E-state index in [-0.39, 0.29) is 0 Å². The molecule has 0 spiro atoms. The fourth-order valence-electron chi connectivity index (χ4n) is 3.75. The molecule has 0 saturated carbocycles. The molecular weight excluding hydrogens is 304 g/mol. The summed E-state index contributed by atoms with van der Waals surface area (Å²) in [5.41, 5.74) is 3.74. The maximum Gasteiger partial charge on any atom is 0.109 e. The second-order valence-electron chi connectivity index (χ2n) is 7.67. The summed E-state index contributed by atoms with van der Waals surface area (Å²) in [6.07, 6.45) is 18.0. The fraction of sp³-hybridized carbons (Fsp3) is 0.696. The third-order valence-electron chi connectivity index (χ3n) is 5.46. The van der Waals surface area contributed by atoms with E-state index >= 15 is 0 Å². The molecule has 2 rings (SSSR count). The lowest BCUT2D eigenvalue weighted by atomic mass is 10.0. The van der Waals surface area contributed by atoms with Crippen molar-refractivity contribution in [3.05, 3.63) is 29.6 Å². The molecule has 0 fully saturated rings. The van der Waals surface area contributed by atoms with Crippen molar-refractivity contribution in [2.75, 3.05) is 0 Å². The number of para-hydroxylation sites is 1. The number of unbranched alkanes of at least 4 members (excludes halogenated alkanes) is 11. The van der Waals surface area contributed by atoms with E-state index in [1.54, 1.807) is 0 Å². The lowest BCUT2D eigenvalue weighted by molar-refractivity contribution is 0.541. The van der Waals surface area contributed by atoms with Gasteiger partial charge in [0.1, 0.15) is 5.82 Å². The molecule has 0 atom stereocenters. The van der Waals surface area contributed by atoms with Crippen molar-refractivity contribution in [2.24, 2.45) is 7.05 Å². The molecule has 1 aromatic heterocycles. The van der Waals surface area contributed by atoms with Gasteiger partial charge in [0.15, 0.2) is 0 Å². The molecule has 0 N–H and O–H groups in total. The minimum atomic E-state index is 1.11. The zero-order valence-corrected chi connectivity index (χ0v) is 16.8. The van der Waals surface area contributed by atoms with Gasteiger partial charge in [-0.05, 0) is 25.0 Å². The van der Waals surface area contributed by atoms with Crippen molar-refractivity contribution in [2.45, 2.75) is 97.3 Å². The smallest absolute Gasteiger partial charge is 0.109 e. The number of hydrogen-bond donors (Lipinski definition) is 0. The Kier molecular flexibility index (Phi) is 9.07. The number of imidazole rings is 1. The number of fused-ring (bicyclic) bond motifs is 1. The Hall–Kier alpha value is -1.31. The Balaban J connectivity index is 1.54. The monoisotopic (exact) mass is 342 g/mol. The minimum Gasteiger partial charge on any atom is -0.331 e. The molecule has 0 amide bonds. The van der Waals surface area contributed by atoms with E-state index in [9.17, 15) is 0 Å². The molecule has 25 heavy (non-hydrogen) atoms. The van der Waals surface area contributed by atoms with Gasteiger partial charge in [0.2, 0.25) is 0 Å². The SMILES string of the molecule is CCCCCCCCCCCCCCc1nc2c(C)cccc2n1C. The topological polar surface area (TPSA) is 17.8 Å². The van der Waals surface area contributed by atoms with Gasteiger partial charge in [-0.1, -0.05) is 89.7 Å². The van der Waals surface area contributed by atoms with Crippen LogP contribution in [0.3, 0.4) is 0 Å². The van der Waals surface area contributed by atoms with E-state index in [0.29, 0.717) is 0 Å². The first-order valence-corrected chi connectivity index (χ1v) is 10.6. The van der Waals surface area contributed by atoms with Gasteiger partial charge in [-0.15, -0.1) is 0 Å². The van der Waals surface area contributed by atoms with Crippen LogP contribution in [-0.4, -0.2) is 9.55 Å². The van der Waals surface area contributed by atoms with Crippen LogP contribution in [0.4, 0.5) is 0 Å². The predicted octanol–water partition coefficient (Wildman–Crippen LogP) is 7.13. The van der Waals surface area contributed by atoms with Gasteiger partial charge in [0.05, 0.1) is 11.0 Å². The molecule has 1 aromatic carbocycles. The van der Waals surface area contributed by atoms with Crippen LogP contribution in [0, 0.1) is 6.92 Å². The molecule has 2 aromatic rings. The van der Waals surface area contributed by atoms with Crippen LogP contribution in [0.1, 0.15) is 95.4 Å². The van der Waals surface area contributed by atoms with Crippen molar-refractivity contribution in [1.82, 2.24) is 9.55 Å². The predicted molar refractivity (Wildman–Crippen MR) is 110 cm³/mol. The zero-order valence-electron chi connectivity index (χ0n) is 16.8. The summed E-state index contributed by atoms with van der Waals surface area (Å²) in [5.74, 6) is 1.25. The molecule has 1 heterocycles. The Morgan fingerprint density at radius 3 is 1.92 bits per heavy atom. The van der Waals surface area contributed by atoms with Crippen molar-refractivity contribution in [3.8, 4) is 0 Å². The van der Waals surface area contributed by atoms with Gasteiger partial charge in [0.25, 0.3) is 0 Å². The maximum absolute atomic E-state index is 4.86. The van der Waals surface area contributed by atoms with E-state index < -0.39 is 0 Å². The summed E-state index contributed by atoms with van der Waals surface area (Å²) in [4.78, 5) is 4.86. The van der Waals surface area contributed by atoms with E-state index in [0.717, 1.165) is 6.42 Å². The van der Waals surface area contributed by atoms with Crippen molar-refractivity contribution in [3.63, 3.8) is 0 Å². The summed E-state index contributed by atoms with van der Waals surface area (Å²) in [5, 5.41) is 0. The number of aromatic nitrogens is 2. The molecule has 2 nitrogen and oxygen atoms in total. The van der Waals surface area contributed by atoms with Crippen LogP contribution in [0.15, 0.2) is 18.2 Å². The van der Waals surface area contributed by atoms with Gasteiger partial charge in [-0.25, -0.2) is 4.98 Å². The second kappa shape index (κ2) is 11.3. The van der Waals surface area contributed by atoms with Crippen LogP contribution in [0.2, 0.25) is 0 Å². The first kappa shape index (κ1) is 20.0. The first-order valence-electron chi connectivity index (χ1n) is 10.6. The van der Waals surface area contributed by atoms with Gasteiger partial charge >= 0.3 is 0 Å². The Morgan fingerprint density at radius 2 is 1.36 bits per heavy atom. The quantitative estimate of drug-likeness (QED) is 0.354. The molecule has 0 bridgehead atoms. The number of aryl methyl sites for hydroxylation is 3. The van der Waals surface area contributed by atoms with Crippen LogP contribution in [0.5, 0.6) is 0 Å². The number of benzene rings is 1. The lowest BCUT2D eigenvalue weighted by Crippen LogP contribution is -1.97. The van der Waals surface area contributed by atoms with Gasteiger partial charge in [-0.3, -0.25) is 0 Å².